The van der Waals surface area contributed by atoms with Crippen molar-refractivity contribution in [3.05, 3.63) is 12.7 Å². The Labute approximate surface area is 109 Å². The average Bonchev–Trinajstić information content (AvgIpc) is 2.96. The number of ketones is 1. The summed E-state index contributed by atoms with van der Waals surface area (Å²) in [4.78, 5) is 23.3. The largest absolute Gasteiger partial charge is 0.444 e. The van der Waals surface area contributed by atoms with Gasteiger partial charge in [0.15, 0.2) is 5.78 Å². The molecule has 0 spiro atoms. The van der Waals surface area contributed by atoms with Crippen molar-refractivity contribution in [1.82, 2.24) is 5.32 Å². The van der Waals surface area contributed by atoms with Gasteiger partial charge < -0.3 is 10.1 Å². The SMILES string of the molecule is C=CC(=O)CC(C)(NC(=O)OC(C)(C)C)C1CC1. The van der Waals surface area contributed by atoms with Crippen LogP contribution in [0.1, 0.15) is 47.0 Å². The second-order valence-corrected chi connectivity index (χ2v) is 6.17. The fourth-order valence-electron chi connectivity index (χ4n) is 1.98. The maximum Gasteiger partial charge on any atom is 0.408 e. The summed E-state index contributed by atoms with van der Waals surface area (Å²) in [6, 6.07) is 0. The lowest BCUT2D eigenvalue weighted by Gasteiger charge is -2.31. The number of ether oxygens (including phenoxy) is 1. The Balaban J connectivity index is 2.65. The Morgan fingerprint density at radius 3 is 2.28 bits per heavy atom. The van der Waals surface area contributed by atoms with Crippen LogP contribution in [0, 0.1) is 5.92 Å². The molecule has 0 aromatic carbocycles. The Morgan fingerprint density at radius 2 is 1.89 bits per heavy atom. The number of hydrogen-bond donors (Lipinski definition) is 1. The van der Waals surface area contributed by atoms with Crippen LogP contribution in [0.25, 0.3) is 0 Å². The second-order valence-electron chi connectivity index (χ2n) is 6.17. The lowest BCUT2D eigenvalue weighted by molar-refractivity contribution is -0.116. The fourth-order valence-corrected chi connectivity index (χ4v) is 1.98. The Kier molecular flexibility index (Phi) is 4.20. The molecule has 1 N–H and O–H groups in total. The molecule has 0 aliphatic heterocycles. The minimum atomic E-state index is -0.531. The number of nitrogens with one attached hydrogen (secondary N) is 1. The van der Waals surface area contributed by atoms with E-state index < -0.39 is 17.2 Å². The number of alkyl carbamates (subject to hydrolysis) is 1. The monoisotopic (exact) mass is 253 g/mol. The van der Waals surface area contributed by atoms with E-state index in [2.05, 4.69) is 11.9 Å². The van der Waals surface area contributed by atoms with E-state index in [1.807, 2.05) is 27.7 Å². The molecule has 1 amide bonds. The molecule has 4 heteroatoms. The number of amides is 1. The molecule has 0 radical (unpaired) electrons. The fraction of sp³-hybridized carbons (Fsp3) is 0.714. The highest BCUT2D eigenvalue weighted by Crippen LogP contribution is 2.41. The van der Waals surface area contributed by atoms with Crippen molar-refractivity contribution in [1.29, 1.82) is 0 Å². The van der Waals surface area contributed by atoms with E-state index in [0.29, 0.717) is 5.92 Å². The molecule has 0 bridgehead atoms. The van der Waals surface area contributed by atoms with Crippen LogP contribution in [0.4, 0.5) is 4.79 Å². The van der Waals surface area contributed by atoms with Crippen LogP contribution in [-0.4, -0.2) is 23.0 Å². The normalized spacial score (nSPS) is 18.7. The molecular formula is C14H23NO3. The van der Waals surface area contributed by atoms with Crippen LogP contribution in [0.15, 0.2) is 12.7 Å². The molecule has 1 rings (SSSR count). The van der Waals surface area contributed by atoms with Crippen LogP contribution >= 0.6 is 0 Å². The number of carbonyl (C=O) groups excluding carboxylic acids is 2. The summed E-state index contributed by atoms with van der Waals surface area (Å²) in [5, 5.41) is 2.85. The van der Waals surface area contributed by atoms with Crippen molar-refractivity contribution >= 4 is 11.9 Å². The first-order valence-corrected chi connectivity index (χ1v) is 6.33. The third-order valence-electron chi connectivity index (χ3n) is 3.03. The predicted molar refractivity (Wildman–Crippen MR) is 70.3 cm³/mol. The quantitative estimate of drug-likeness (QED) is 0.766. The zero-order valence-electron chi connectivity index (χ0n) is 11.7. The van der Waals surface area contributed by atoms with Gasteiger partial charge in [-0.25, -0.2) is 4.79 Å². The number of allylic oxidation sites excluding steroid dienone is 1. The molecule has 0 saturated heterocycles. The Hall–Kier alpha value is -1.32. The third-order valence-corrected chi connectivity index (χ3v) is 3.03. The van der Waals surface area contributed by atoms with E-state index in [0.717, 1.165) is 12.8 Å². The van der Waals surface area contributed by atoms with Crippen LogP contribution in [-0.2, 0) is 9.53 Å². The predicted octanol–water partition coefficient (Wildman–Crippen LogP) is 2.83. The van der Waals surface area contributed by atoms with Crippen LogP contribution in [0.5, 0.6) is 0 Å². The Morgan fingerprint density at radius 1 is 1.33 bits per heavy atom. The molecule has 1 saturated carbocycles. The van der Waals surface area contributed by atoms with Gasteiger partial charge in [-0.2, -0.15) is 0 Å². The summed E-state index contributed by atoms with van der Waals surface area (Å²) in [6.07, 6.45) is 3.19. The first kappa shape index (κ1) is 14.7. The lowest BCUT2D eigenvalue weighted by Crippen LogP contribution is -2.50. The van der Waals surface area contributed by atoms with Gasteiger partial charge in [0, 0.05) is 6.42 Å². The molecule has 0 aromatic heterocycles. The van der Waals surface area contributed by atoms with Crippen LogP contribution < -0.4 is 5.32 Å². The highest BCUT2D eigenvalue weighted by atomic mass is 16.6. The molecule has 4 nitrogen and oxygen atoms in total. The second kappa shape index (κ2) is 5.12. The van der Waals surface area contributed by atoms with E-state index >= 15 is 0 Å². The summed E-state index contributed by atoms with van der Waals surface area (Å²) in [6.45, 7) is 10.8. The maximum atomic E-state index is 11.8. The minimum Gasteiger partial charge on any atom is -0.444 e. The highest BCUT2D eigenvalue weighted by molar-refractivity contribution is 5.90. The third kappa shape index (κ3) is 4.51. The van der Waals surface area contributed by atoms with Gasteiger partial charge in [0.2, 0.25) is 0 Å². The van der Waals surface area contributed by atoms with Gasteiger partial charge in [-0.15, -0.1) is 0 Å². The molecular weight excluding hydrogens is 230 g/mol. The van der Waals surface area contributed by atoms with E-state index in [9.17, 15) is 9.59 Å². The van der Waals surface area contributed by atoms with Crippen LogP contribution in [0.2, 0.25) is 0 Å². The topological polar surface area (TPSA) is 55.4 Å². The molecule has 1 atom stereocenters. The molecule has 1 unspecified atom stereocenters. The molecule has 1 fully saturated rings. The lowest BCUT2D eigenvalue weighted by atomic mass is 9.89. The van der Waals surface area contributed by atoms with Gasteiger partial charge in [0.1, 0.15) is 5.60 Å². The summed E-state index contributed by atoms with van der Waals surface area (Å²) in [5.41, 5.74) is -1.05. The summed E-state index contributed by atoms with van der Waals surface area (Å²) in [7, 11) is 0. The van der Waals surface area contributed by atoms with Gasteiger partial charge in [-0.05, 0) is 52.5 Å². The van der Waals surface area contributed by atoms with Gasteiger partial charge in [0.25, 0.3) is 0 Å². The summed E-state index contributed by atoms with van der Waals surface area (Å²) < 4.78 is 5.24. The van der Waals surface area contributed by atoms with Gasteiger partial charge in [-0.1, -0.05) is 6.58 Å². The zero-order valence-corrected chi connectivity index (χ0v) is 11.7. The first-order chi connectivity index (χ1) is 8.16. The van der Waals surface area contributed by atoms with Gasteiger partial charge in [0.05, 0.1) is 5.54 Å². The minimum absolute atomic E-state index is 0.0551. The van der Waals surface area contributed by atoms with Crippen molar-refractivity contribution in [3.63, 3.8) is 0 Å². The summed E-state index contributed by atoms with van der Waals surface area (Å²) >= 11 is 0. The average molecular weight is 253 g/mol. The van der Waals surface area contributed by atoms with E-state index in [4.69, 9.17) is 4.74 Å². The van der Waals surface area contributed by atoms with Crippen molar-refractivity contribution in [2.75, 3.05) is 0 Å². The van der Waals surface area contributed by atoms with E-state index in [-0.39, 0.29) is 12.2 Å². The maximum absolute atomic E-state index is 11.8. The number of carbonyl (C=O) groups is 2. The van der Waals surface area contributed by atoms with Gasteiger partial charge >= 0.3 is 6.09 Å². The van der Waals surface area contributed by atoms with E-state index in [1.165, 1.54) is 6.08 Å². The molecule has 0 heterocycles. The van der Waals surface area contributed by atoms with Crippen LogP contribution in [0.3, 0.4) is 0 Å². The van der Waals surface area contributed by atoms with Gasteiger partial charge in [-0.3, -0.25) is 4.79 Å². The van der Waals surface area contributed by atoms with E-state index in [1.54, 1.807) is 0 Å². The number of hydrogen-bond acceptors (Lipinski definition) is 3. The highest BCUT2D eigenvalue weighted by Gasteiger charge is 2.44. The molecule has 102 valence electrons. The van der Waals surface area contributed by atoms with Crippen molar-refractivity contribution in [2.45, 2.75) is 58.1 Å². The molecule has 0 aromatic rings. The molecule has 1 aliphatic rings. The smallest absolute Gasteiger partial charge is 0.408 e. The Bertz CT molecular complexity index is 353. The first-order valence-electron chi connectivity index (χ1n) is 6.33. The standard InChI is InChI=1S/C14H23NO3/c1-6-11(16)9-14(5,10-7-8-10)15-12(17)18-13(2,3)4/h6,10H,1,7-9H2,2-5H3,(H,15,17). The number of rotatable bonds is 5. The van der Waals surface area contributed by atoms with Crippen molar-refractivity contribution in [3.8, 4) is 0 Å². The van der Waals surface area contributed by atoms with Crippen molar-refractivity contribution in [2.24, 2.45) is 5.92 Å². The summed E-state index contributed by atoms with van der Waals surface area (Å²) in [5.74, 6) is 0.300. The molecule has 1 aliphatic carbocycles. The molecule has 18 heavy (non-hydrogen) atoms. The zero-order chi connectivity index (χ0) is 14.0. The van der Waals surface area contributed by atoms with Crippen molar-refractivity contribution < 1.29 is 14.3 Å².